The first-order chi connectivity index (χ1) is 7.47. The average molecular weight is 222 g/mol. The Morgan fingerprint density at radius 1 is 1.50 bits per heavy atom. The van der Waals surface area contributed by atoms with E-state index in [0.717, 1.165) is 6.07 Å². The molecule has 2 atom stereocenters. The topological polar surface area (TPSA) is 107 Å². The number of rotatable bonds is 3. The summed E-state index contributed by atoms with van der Waals surface area (Å²) in [6, 6.07) is 5.38. The number of nitrogens with zero attached hydrogens (tertiary/aromatic N) is 2. The van der Waals surface area contributed by atoms with Crippen LogP contribution < -0.4 is 0 Å². The van der Waals surface area contributed by atoms with Crippen molar-refractivity contribution in [2.24, 2.45) is 0 Å². The SMILES string of the molecule is Cc1ccc([N+](=O)[O-])cc1C(O)C(O)C#N. The predicted octanol–water partition coefficient (Wildman–Crippen LogP) is 0.821. The van der Waals surface area contributed by atoms with Crippen LogP contribution in [0.15, 0.2) is 18.2 Å². The van der Waals surface area contributed by atoms with Crippen LogP contribution in [-0.4, -0.2) is 21.2 Å². The summed E-state index contributed by atoms with van der Waals surface area (Å²) in [5.74, 6) is 0. The Morgan fingerprint density at radius 3 is 2.62 bits per heavy atom. The summed E-state index contributed by atoms with van der Waals surface area (Å²) in [5, 5.41) is 37.7. The highest BCUT2D eigenvalue weighted by Crippen LogP contribution is 2.25. The van der Waals surface area contributed by atoms with Crippen molar-refractivity contribution >= 4 is 5.69 Å². The van der Waals surface area contributed by atoms with Gasteiger partial charge in [-0.25, -0.2) is 0 Å². The second kappa shape index (κ2) is 4.70. The smallest absolute Gasteiger partial charge is 0.269 e. The third-order valence-electron chi connectivity index (χ3n) is 2.22. The first-order valence-corrected chi connectivity index (χ1v) is 4.48. The molecule has 0 saturated carbocycles. The lowest BCUT2D eigenvalue weighted by Gasteiger charge is -2.14. The number of hydrogen-bond donors (Lipinski definition) is 2. The van der Waals surface area contributed by atoms with Crippen molar-refractivity contribution in [1.29, 1.82) is 5.26 Å². The number of aryl methyl sites for hydroxylation is 1. The Hall–Kier alpha value is -1.97. The first-order valence-electron chi connectivity index (χ1n) is 4.48. The quantitative estimate of drug-likeness (QED) is 0.447. The number of nitro benzene ring substituents is 1. The van der Waals surface area contributed by atoms with Gasteiger partial charge in [0.05, 0.1) is 11.0 Å². The lowest BCUT2D eigenvalue weighted by atomic mass is 9.99. The molecule has 6 heteroatoms. The summed E-state index contributed by atoms with van der Waals surface area (Å²) in [6.45, 7) is 1.63. The second-order valence-corrected chi connectivity index (χ2v) is 3.32. The van der Waals surface area contributed by atoms with Crippen molar-refractivity contribution in [2.75, 3.05) is 0 Å². The van der Waals surface area contributed by atoms with Crippen LogP contribution in [-0.2, 0) is 0 Å². The number of aliphatic hydroxyl groups excluding tert-OH is 2. The largest absolute Gasteiger partial charge is 0.385 e. The van der Waals surface area contributed by atoms with Gasteiger partial charge in [-0.1, -0.05) is 6.07 Å². The monoisotopic (exact) mass is 222 g/mol. The zero-order chi connectivity index (χ0) is 12.3. The maximum atomic E-state index is 10.5. The zero-order valence-electron chi connectivity index (χ0n) is 8.49. The van der Waals surface area contributed by atoms with Gasteiger partial charge in [0.25, 0.3) is 5.69 Å². The normalized spacial score (nSPS) is 13.9. The maximum Gasteiger partial charge on any atom is 0.269 e. The maximum absolute atomic E-state index is 10.5. The van der Waals surface area contributed by atoms with Gasteiger partial charge in [-0.2, -0.15) is 5.26 Å². The molecule has 0 heterocycles. The van der Waals surface area contributed by atoms with Gasteiger partial charge in [0.15, 0.2) is 6.10 Å². The van der Waals surface area contributed by atoms with E-state index in [1.807, 2.05) is 0 Å². The van der Waals surface area contributed by atoms with Crippen LogP contribution in [0.2, 0.25) is 0 Å². The summed E-state index contributed by atoms with van der Waals surface area (Å²) in [4.78, 5) is 9.92. The van der Waals surface area contributed by atoms with Gasteiger partial charge in [-0.05, 0) is 18.1 Å². The van der Waals surface area contributed by atoms with E-state index in [4.69, 9.17) is 10.4 Å². The third-order valence-corrected chi connectivity index (χ3v) is 2.22. The highest BCUT2D eigenvalue weighted by Gasteiger charge is 2.21. The summed E-state index contributed by atoms with van der Waals surface area (Å²) in [7, 11) is 0. The number of benzene rings is 1. The molecule has 1 aromatic rings. The molecule has 0 aromatic heterocycles. The van der Waals surface area contributed by atoms with Crippen LogP contribution in [0, 0.1) is 28.4 Å². The van der Waals surface area contributed by atoms with E-state index in [0.29, 0.717) is 5.56 Å². The number of hydrogen-bond acceptors (Lipinski definition) is 5. The predicted molar refractivity (Wildman–Crippen MR) is 54.4 cm³/mol. The molecule has 0 aliphatic rings. The van der Waals surface area contributed by atoms with Crippen LogP contribution in [0.3, 0.4) is 0 Å². The fourth-order valence-electron chi connectivity index (χ4n) is 1.30. The molecule has 16 heavy (non-hydrogen) atoms. The number of non-ortho nitro benzene ring substituents is 1. The van der Waals surface area contributed by atoms with Gasteiger partial charge in [0.2, 0.25) is 0 Å². The van der Waals surface area contributed by atoms with Crippen LogP contribution in [0.1, 0.15) is 17.2 Å². The minimum atomic E-state index is -1.60. The van der Waals surface area contributed by atoms with Crippen molar-refractivity contribution in [1.82, 2.24) is 0 Å². The molecule has 0 amide bonds. The molecule has 0 bridgehead atoms. The fraction of sp³-hybridized carbons (Fsp3) is 0.300. The van der Waals surface area contributed by atoms with Crippen LogP contribution in [0.4, 0.5) is 5.69 Å². The van der Waals surface area contributed by atoms with Gasteiger partial charge in [0, 0.05) is 12.1 Å². The van der Waals surface area contributed by atoms with Crippen molar-refractivity contribution in [3.8, 4) is 6.07 Å². The van der Waals surface area contributed by atoms with E-state index in [1.165, 1.54) is 18.2 Å². The third kappa shape index (κ3) is 2.34. The van der Waals surface area contributed by atoms with Crippen molar-refractivity contribution in [3.63, 3.8) is 0 Å². The average Bonchev–Trinajstić information content (AvgIpc) is 2.27. The van der Waals surface area contributed by atoms with Gasteiger partial charge >= 0.3 is 0 Å². The van der Waals surface area contributed by atoms with E-state index in [9.17, 15) is 15.2 Å². The van der Waals surface area contributed by atoms with E-state index in [1.54, 1.807) is 6.92 Å². The summed E-state index contributed by atoms with van der Waals surface area (Å²) < 4.78 is 0. The van der Waals surface area contributed by atoms with Gasteiger partial charge in [0.1, 0.15) is 6.10 Å². The standard InChI is InChI=1S/C10H10N2O4/c1-6-2-3-7(12(15)16)4-8(6)10(14)9(13)5-11/h2-4,9-10,13-14H,1H3. The molecule has 0 spiro atoms. The van der Waals surface area contributed by atoms with Gasteiger partial charge < -0.3 is 10.2 Å². The summed E-state index contributed by atoms with van der Waals surface area (Å²) >= 11 is 0. The van der Waals surface area contributed by atoms with E-state index in [-0.39, 0.29) is 11.3 Å². The minimum Gasteiger partial charge on any atom is -0.385 e. The molecule has 2 N–H and O–H groups in total. The molecular weight excluding hydrogens is 212 g/mol. The van der Waals surface area contributed by atoms with Crippen molar-refractivity contribution < 1.29 is 15.1 Å². The molecule has 6 nitrogen and oxygen atoms in total. The Morgan fingerprint density at radius 2 is 2.12 bits per heavy atom. The Bertz CT molecular complexity index is 453. The van der Waals surface area contributed by atoms with E-state index >= 15 is 0 Å². The molecule has 0 saturated heterocycles. The molecule has 0 fully saturated rings. The van der Waals surface area contributed by atoms with Crippen molar-refractivity contribution in [2.45, 2.75) is 19.1 Å². The van der Waals surface area contributed by atoms with Gasteiger partial charge in [-0.15, -0.1) is 0 Å². The molecule has 1 aromatic carbocycles. The van der Waals surface area contributed by atoms with Gasteiger partial charge in [-0.3, -0.25) is 10.1 Å². The summed E-state index contributed by atoms with van der Waals surface area (Å²) in [6.07, 6.45) is -3.04. The van der Waals surface area contributed by atoms with E-state index < -0.39 is 17.1 Å². The number of aliphatic hydroxyl groups is 2. The Kier molecular flexibility index (Phi) is 3.55. The zero-order valence-corrected chi connectivity index (χ0v) is 8.49. The first kappa shape index (κ1) is 12.1. The molecule has 0 aliphatic carbocycles. The Labute approximate surface area is 91.5 Å². The number of nitro groups is 1. The lowest BCUT2D eigenvalue weighted by molar-refractivity contribution is -0.385. The second-order valence-electron chi connectivity index (χ2n) is 3.32. The van der Waals surface area contributed by atoms with E-state index in [2.05, 4.69) is 0 Å². The van der Waals surface area contributed by atoms with Crippen LogP contribution >= 0.6 is 0 Å². The lowest BCUT2D eigenvalue weighted by Crippen LogP contribution is -2.16. The molecular formula is C10H10N2O4. The fourth-order valence-corrected chi connectivity index (χ4v) is 1.30. The highest BCUT2D eigenvalue weighted by atomic mass is 16.6. The summed E-state index contributed by atoms with van der Waals surface area (Å²) in [5.41, 5.74) is 0.570. The number of nitriles is 1. The molecule has 1 rings (SSSR count). The molecule has 0 aliphatic heterocycles. The molecule has 84 valence electrons. The molecule has 2 unspecified atom stereocenters. The van der Waals surface area contributed by atoms with Crippen LogP contribution in [0.5, 0.6) is 0 Å². The highest BCUT2D eigenvalue weighted by molar-refractivity contribution is 5.41. The minimum absolute atomic E-state index is 0.184. The molecule has 0 radical (unpaired) electrons. The van der Waals surface area contributed by atoms with Crippen LogP contribution in [0.25, 0.3) is 0 Å². The van der Waals surface area contributed by atoms with Crippen molar-refractivity contribution in [3.05, 3.63) is 39.4 Å². The Balaban J connectivity index is 3.17.